The van der Waals surface area contributed by atoms with Gasteiger partial charge in [0.1, 0.15) is 6.04 Å². The van der Waals surface area contributed by atoms with Crippen LogP contribution >= 0.6 is 0 Å². The minimum Gasteiger partial charge on any atom is -0.383 e. The highest BCUT2D eigenvalue weighted by Crippen LogP contribution is 2.39. The second-order valence-electron chi connectivity index (χ2n) is 8.03. The van der Waals surface area contributed by atoms with Crippen LogP contribution in [0.5, 0.6) is 0 Å². The van der Waals surface area contributed by atoms with Crippen molar-refractivity contribution >= 4 is 17.5 Å². The predicted octanol–water partition coefficient (Wildman–Crippen LogP) is 0.907. The summed E-state index contributed by atoms with van der Waals surface area (Å²) in [5.41, 5.74) is 2.11. The van der Waals surface area contributed by atoms with E-state index in [0.29, 0.717) is 25.4 Å². The van der Waals surface area contributed by atoms with Gasteiger partial charge in [0.2, 0.25) is 11.8 Å². The Balaban J connectivity index is 1.37. The zero-order valence-corrected chi connectivity index (χ0v) is 15.9. The number of piperidine rings is 3. The van der Waals surface area contributed by atoms with Gasteiger partial charge >= 0.3 is 0 Å². The van der Waals surface area contributed by atoms with E-state index < -0.39 is 0 Å². The molecule has 0 unspecified atom stereocenters. The first-order valence-electron chi connectivity index (χ1n) is 10.1. The number of nitrogens with one attached hydrogen (secondary N) is 3. The van der Waals surface area contributed by atoms with E-state index in [4.69, 9.17) is 0 Å². The fourth-order valence-electron chi connectivity index (χ4n) is 5.01. The largest absolute Gasteiger partial charge is 0.383 e. The number of carbonyl (C=O) groups excluding carboxylic acids is 2. The van der Waals surface area contributed by atoms with Crippen LogP contribution in [0.1, 0.15) is 31.2 Å². The Morgan fingerprint density at radius 1 is 1.33 bits per heavy atom. The van der Waals surface area contributed by atoms with Crippen LogP contribution in [0.4, 0.5) is 5.69 Å². The van der Waals surface area contributed by atoms with Crippen LogP contribution in [0.3, 0.4) is 0 Å². The highest BCUT2D eigenvalue weighted by atomic mass is 16.2. The third-order valence-electron chi connectivity index (χ3n) is 6.27. The summed E-state index contributed by atoms with van der Waals surface area (Å²) in [5.74, 6) is 0.870. The summed E-state index contributed by atoms with van der Waals surface area (Å²) < 4.78 is 0. The highest BCUT2D eigenvalue weighted by molar-refractivity contribution is 5.89. The molecular weight excluding hydrogens is 342 g/mol. The maximum Gasteiger partial charge on any atom is 0.243 e. The molecule has 4 heterocycles. The third-order valence-corrected chi connectivity index (χ3v) is 6.27. The molecule has 7 nitrogen and oxygen atoms in total. The van der Waals surface area contributed by atoms with E-state index >= 15 is 0 Å². The number of hydrogen-bond donors (Lipinski definition) is 3. The molecule has 7 heteroatoms. The Hall–Kier alpha value is -2.15. The molecule has 3 N–H and O–H groups in total. The Morgan fingerprint density at radius 3 is 3.04 bits per heavy atom. The van der Waals surface area contributed by atoms with Gasteiger partial charge in [-0.25, -0.2) is 0 Å². The van der Waals surface area contributed by atoms with Crippen LogP contribution in [0.2, 0.25) is 0 Å². The Labute approximate surface area is 160 Å². The standard InChI is InChI=1S/C20H29N5O2/c1-13-10-21-6-5-16(13)23-7-8-24-20(27)19-15-9-14(11-22-12-15)17-3-2-4-18(26)25(17)19/h5-6,10,14-15,17,19,22H,2-4,7-9,11-12H2,1H3,(H,21,23)(H,24,27)/t14-,15+,17+,19-/m1/s1. The Morgan fingerprint density at radius 2 is 2.19 bits per heavy atom. The number of fused-ring (bicyclic) bond motifs is 4. The van der Waals surface area contributed by atoms with Crippen LogP contribution < -0.4 is 16.0 Å². The molecule has 3 fully saturated rings. The molecule has 0 aromatic carbocycles. The fourth-order valence-corrected chi connectivity index (χ4v) is 5.01. The second-order valence-corrected chi connectivity index (χ2v) is 8.03. The molecule has 0 radical (unpaired) electrons. The van der Waals surface area contributed by atoms with Gasteiger partial charge in [-0.2, -0.15) is 0 Å². The molecule has 4 atom stereocenters. The van der Waals surface area contributed by atoms with E-state index in [1.807, 2.05) is 24.1 Å². The average molecular weight is 371 g/mol. The second kappa shape index (κ2) is 7.84. The lowest BCUT2D eigenvalue weighted by Gasteiger charge is -2.53. The number of rotatable bonds is 5. The molecule has 3 aliphatic heterocycles. The molecule has 0 aliphatic carbocycles. The lowest BCUT2D eigenvalue weighted by atomic mass is 9.72. The number of carbonyl (C=O) groups is 2. The van der Waals surface area contributed by atoms with Crippen LogP contribution in [-0.2, 0) is 9.59 Å². The number of aryl methyl sites for hydroxylation is 1. The first-order chi connectivity index (χ1) is 13.1. The average Bonchev–Trinajstić information content (AvgIpc) is 2.68. The number of hydrogen-bond acceptors (Lipinski definition) is 5. The van der Waals surface area contributed by atoms with Gasteiger partial charge in [-0.15, -0.1) is 0 Å². The SMILES string of the molecule is Cc1cnccc1NCCNC(=O)[C@H]1[C@@H]2CNC[C@@H](C2)[C@@H]2CCCC(=O)N21. The molecule has 0 saturated carbocycles. The number of amides is 2. The topological polar surface area (TPSA) is 86.4 Å². The van der Waals surface area contributed by atoms with E-state index in [2.05, 4.69) is 20.9 Å². The summed E-state index contributed by atoms with van der Waals surface area (Å²) >= 11 is 0. The van der Waals surface area contributed by atoms with Crippen molar-refractivity contribution in [1.82, 2.24) is 20.5 Å². The quantitative estimate of drug-likeness (QED) is 0.670. The van der Waals surface area contributed by atoms with Gasteiger partial charge in [-0.1, -0.05) is 0 Å². The first-order valence-corrected chi connectivity index (χ1v) is 10.1. The molecule has 27 heavy (non-hydrogen) atoms. The van der Waals surface area contributed by atoms with Crippen molar-refractivity contribution in [2.75, 3.05) is 31.5 Å². The molecule has 0 spiro atoms. The summed E-state index contributed by atoms with van der Waals surface area (Å²) in [4.78, 5) is 31.7. The van der Waals surface area contributed by atoms with E-state index in [1.54, 1.807) is 6.20 Å². The van der Waals surface area contributed by atoms with E-state index in [9.17, 15) is 9.59 Å². The van der Waals surface area contributed by atoms with Crippen LogP contribution in [-0.4, -0.2) is 60.0 Å². The third kappa shape index (κ3) is 3.65. The van der Waals surface area contributed by atoms with Gasteiger partial charge < -0.3 is 20.9 Å². The van der Waals surface area contributed by atoms with Crippen LogP contribution in [0.25, 0.3) is 0 Å². The molecule has 2 bridgehead atoms. The monoisotopic (exact) mass is 371 g/mol. The van der Waals surface area contributed by atoms with Gasteiger partial charge in [0.15, 0.2) is 0 Å². The lowest BCUT2D eigenvalue weighted by molar-refractivity contribution is -0.157. The maximum atomic E-state index is 13.0. The van der Waals surface area contributed by atoms with Gasteiger partial charge in [0.25, 0.3) is 0 Å². The molecule has 146 valence electrons. The van der Waals surface area contributed by atoms with Crippen molar-refractivity contribution in [3.8, 4) is 0 Å². The van der Waals surface area contributed by atoms with Gasteiger partial charge in [-0.05, 0) is 50.3 Å². The molecule has 1 aromatic rings. The van der Waals surface area contributed by atoms with E-state index in [-0.39, 0.29) is 29.8 Å². The van der Waals surface area contributed by atoms with Gasteiger partial charge in [0.05, 0.1) is 0 Å². The minimum absolute atomic E-state index is 0.00403. The maximum absolute atomic E-state index is 13.0. The van der Waals surface area contributed by atoms with Crippen molar-refractivity contribution in [2.24, 2.45) is 11.8 Å². The minimum atomic E-state index is -0.325. The van der Waals surface area contributed by atoms with Crippen LogP contribution in [0.15, 0.2) is 18.5 Å². The normalized spacial score (nSPS) is 29.8. The lowest BCUT2D eigenvalue weighted by Crippen LogP contribution is -2.68. The molecule has 4 rings (SSSR count). The van der Waals surface area contributed by atoms with Crippen molar-refractivity contribution in [3.05, 3.63) is 24.0 Å². The number of nitrogens with zero attached hydrogens (tertiary/aromatic N) is 2. The number of anilines is 1. The predicted molar refractivity (Wildman–Crippen MR) is 103 cm³/mol. The smallest absolute Gasteiger partial charge is 0.243 e. The summed E-state index contributed by atoms with van der Waals surface area (Å²) in [5, 5.41) is 9.87. The Bertz CT molecular complexity index is 709. The molecule has 3 aliphatic rings. The summed E-state index contributed by atoms with van der Waals surface area (Å²) in [6.07, 6.45) is 7.17. The van der Waals surface area contributed by atoms with Gasteiger partial charge in [0, 0.05) is 56.1 Å². The summed E-state index contributed by atoms with van der Waals surface area (Å²) in [7, 11) is 0. The molecular formula is C20H29N5O2. The molecule has 3 saturated heterocycles. The van der Waals surface area contributed by atoms with Gasteiger partial charge in [-0.3, -0.25) is 14.6 Å². The summed E-state index contributed by atoms with van der Waals surface area (Å²) in [6.45, 7) is 4.97. The number of aromatic nitrogens is 1. The van der Waals surface area contributed by atoms with E-state index in [0.717, 1.165) is 43.6 Å². The van der Waals surface area contributed by atoms with E-state index in [1.165, 1.54) is 0 Å². The fraction of sp³-hybridized carbons (Fsp3) is 0.650. The summed E-state index contributed by atoms with van der Waals surface area (Å²) in [6, 6.07) is 1.83. The molecule has 1 aromatic heterocycles. The molecule has 2 amide bonds. The first kappa shape index (κ1) is 18.2. The number of pyridine rings is 1. The van der Waals surface area contributed by atoms with Crippen molar-refractivity contribution in [3.63, 3.8) is 0 Å². The zero-order valence-electron chi connectivity index (χ0n) is 15.9. The highest BCUT2D eigenvalue weighted by Gasteiger charge is 2.50. The van der Waals surface area contributed by atoms with Crippen molar-refractivity contribution in [1.29, 1.82) is 0 Å². The zero-order chi connectivity index (χ0) is 18.8. The van der Waals surface area contributed by atoms with Crippen LogP contribution in [0, 0.1) is 18.8 Å². The van der Waals surface area contributed by atoms with Crippen molar-refractivity contribution in [2.45, 2.75) is 44.7 Å². The van der Waals surface area contributed by atoms with Crippen molar-refractivity contribution < 1.29 is 9.59 Å². The Kier molecular flexibility index (Phi) is 5.29.